The molecule has 1 aliphatic heterocycles. The summed E-state index contributed by atoms with van der Waals surface area (Å²) >= 11 is 1.39. The Morgan fingerprint density at radius 3 is 2.92 bits per heavy atom. The predicted octanol–water partition coefficient (Wildman–Crippen LogP) is 1.66. The number of thiophene rings is 1. The van der Waals surface area contributed by atoms with Crippen LogP contribution in [-0.4, -0.2) is 38.3 Å². The Labute approximate surface area is 154 Å². The fourth-order valence-corrected chi connectivity index (χ4v) is 3.97. The molecule has 0 bridgehead atoms. The molecule has 1 amide bonds. The minimum Gasteiger partial charge on any atom is -0.352 e. The Bertz CT molecular complexity index is 968. The van der Waals surface area contributed by atoms with Gasteiger partial charge in [0, 0.05) is 31.7 Å². The summed E-state index contributed by atoms with van der Waals surface area (Å²) in [7, 11) is 0. The maximum Gasteiger partial charge on any atom is 0.268 e. The van der Waals surface area contributed by atoms with Crippen molar-refractivity contribution in [2.45, 2.75) is 32.0 Å². The molecule has 3 aromatic rings. The highest BCUT2D eigenvalue weighted by molar-refractivity contribution is 7.17. The second-order valence-corrected chi connectivity index (χ2v) is 7.36. The molecule has 0 radical (unpaired) electrons. The van der Waals surface area contributed by atoms with Gasteiger partial charge in [0.05, 0.1) is 17.8 Å². The highest BCUT2D eigenvalue weighted by Crippen LogP contribution is 2.16. The average Bonchev–Trinajstić information content (AvgIpc) is 3.25. The van der Waals surface area contributed by atoms with Crippen molar-refractivity contribution in [1.82, 2.24) is 25.2 Å². The second kappa shape index (κ2) is 7.35. The normalized spacial score (nSPS) is 17.1. The third-order valence-electron chi connectivity index (χ3n) is 4.41. The van der Waals surface area contributed by atoms with Gasteiger partial charge < -0.3 is 10.3 Å². The zero-order chi connectivity index (χ0) is 17.9. The molecule has 0 saturated carbocycles. The van der Waals surface area contributed by atoms with Crippen LogP contribution in [-0.2, 0) is 17.9 Å². The molecule has 134 valence electrons. The molecular weight excluding hydrogens is 350 g/mol. The number of nitrogens with one attached hydrogen (secondary N) is 2. The molecule has 0 aliphatic carbocycles. The summed E-state index contributed by atoms with van der Waals surface area (Å²) in [6.45, 7) is 1.80. The van der Waals surface area contributed by atoms with Gasteiger partial charge in [-0.25, -0.2) is 4.98 Å². The van der Waals surface area contributed by atoms with E-state index in [-0.39, 0.29) is 17.5 Å². The number of hydrogen-bond acceptors (Lipinski definition) is 6. The first-order valence-electron chi connectivity index (χ1n) is 8.55. The molecule has 0 unspecified atom stereocenters. The Balaban J connectivity index is 1.56. The van der Waals surface area contributed by atoms with E-state index in [0.717, 1.165) is 17.6 Å². The first kappa shape index (κ1) is 16.9. The average molecular weight is 369 g/mol. The van der Waals surface area contributed by atoms with Gasteiger partial charge in [-0.1, -0.05) is 6.07 Å². The number of aromatic amines is 1. The number of carbonyl (C=O) groups excluding carboxylic acids is 1. The van der Waals surface area contributed by atoms with Crippen LogP contribution in [0.2, 0.25) is 0 Å². The van der Waals surface area contributed by atoms with Gasteiger partial charge in [0.2, 0.25) is 5.91 Å². The van der Waals surface area contributed by atoms with Crippen LogP contribution in [0.3, 0.4) is 0 Å². The van der Waals surface area contributed by atoms with Crippen molar-refractivity contribution in [2.75, 3.05) is 6.54 Å². The lowest BCUT2D eigenvalue weighted by atomic mass is 10.2. The molecule has 1 saturated heterocycles. The van der Waals surface area contributed by atoms with Crippen molar-refractivity contribution >= 4 is 27.5 Å². The van der Waals surface area contributed by atoms with E-state index < -0.39 is 0 Å². The van der Waals surface area contributed by atoms with Crippen LogP contribution >= 0.6 is 11.3 Å². The Kier molecular flexibility index (Phi) is 4.77. The van der Waals surface area contributed by atoms with Crippen LogP contribution in [0.25, 0.3) is 10.2 Å². The summed E-state index contributed by atoms with van der Waals surface area (Å²) in [6.07, 6.45) is 3.16. The third kappa shape index (κ3) is 3.81. The zero-order valence-electron chi connectivity index (χ0n) is 14.1. The number of hydrogen-bond donors (Lipinski definition) is 2. The van der Waals surface area contributed by atoms with E-state index >= 15 is 0 Å². The van der Waals surface area contributed by atoms with Crippen molar-refractivity contribution in [1.29, 1.82) is 0 Å². The van der Waals surface area contributed by atoms with Crippen LogP contribution in [0.4, 0.5) is 0 Å². The molecule has 2 N–H and O–H groups in total. The van der Waals surface area contributed by atoms with Crippen molar-refractivity contribution in [2.24, 2.45) is 0 Å². The molecule has 26 heavy (non-hydrogen) atoms. The second-order valence-electron chi connectivity index (χ2n) is 6.44. The quantitative estimate of drug-likeness (QED) is 0.690. The number of carbonyl (C=O) groups is 1. The lowest BCUT2D eigenvalue weighted by molar-refractivity contribution is -0.119. The number of aromatic nitrogens is 3. The molecule has 4 rings (SSSR count). The molecule has 0 spiro atoms. The van der Waals surface area contributed by atoms with Crippen LogP contribution in [0.1, 0.15) is 24.4 Å². The van der Waals surface area contributed by atoms with E-state index in [4.69, 9.17) is 0 Å². The minimum atomic E-state index is -0.105. The van der Waals surface area contributed by atoms with Crippen molar-refractivity contribution in [3.8, 4) is 0 Å². The Morgan fingerprint density at radius 1 is 1.23 bits per heavy atom. The number of pyridine rings is 1. The molecule has 1 aliphatic rings. The van der Waals surface area contributed by atoms with E-state index in [2.05, 4.69) is 25.2 Å². The fraction of sp³-hybridized carbons (Fsp3) is 0.333. The van der Waals surface area contributed by atoms with Gasteiger partial charge in [-0.15, -0.1) is 11.3 Å². The van der Waals surface area contributed by atoms with Crippen molar-refractivity contribution < 1.29 is 4.79 Å². The fourth-order valence-electron chi connectivity index (χ4n) is 3.24. The van der Waals surface area contributed by atoms with Crippen LogP contribution in [0.5, 0.6) is 0 Å². The first-order chi connectivity index (χ1) is 12.7. The molecule has 3 aromatic heterocycles. The largest absolute Gasteiger partial charge is 0.352 e. The number of rotatable bonds is 6. The molecular formula is C18H19N5O2S. The molecule has 7 nitrogen and oxygen atoms in total. The lowest BCUT2D eigenvalue weighted by Crippen LogP contribution is -2.38. The molecule has 1 fully saturated rings. The van der Waals surface area contributed by atoms with Gasteiger partial charge in [0.25, 0.3) is 5.56 Å². The van der Waals surface area contributed by atoms with E-state index in [9.17, 15) is 9.59 Å². The third-order valence-corrected chi connectivity index (χ3v) is 5.31. The number of H-pyrrole nitrogens is 1. The molecule has 1 atom stereocenters. The highest BCUT2D eigenvalue weighted by atomic mass is 32.1. The summed E-state index contributed by atoms with van der Waals surface area (Å²) < 4.78 is 0.646. The summed E-state index contributed by atoms with van der Waals surface area (Å²) in [5.41, 5.74) is 1.56. The Hall–Kier alpha value is -2.58. The van der Waals surface area contributed by atoms with Crippen LogP contribution in [0.15, 0.2) is 40.6 Å². The topological polar surface area (TPSA) is 91.0 Å². The lowest BCUT2D eigenvalue weighted by Gasteiger charge is -2.24. The maximum absolute atomic E-state index is 12.2. The van der Waals surface area contributed by atoms with Crippen molar-refractivity contribution in [3.63, 3.8) is 0 Å². The van der Waals surface area contributed by atoms with Gasteiger partial charge in [0.1, 0.15) is 10.5 Å². The zero-order valence-corrected chi connectivity index (χ0v) is 15.0. The maximum atomic E-state index is 12.2. The van der Waals surface area contributed by atoms with Gasteiger partial charge in [-0.3, -0.25) is 19.5 Å². The number of nitrogens with zero attached hydrogens (tertiary/aromatic N) is 3. The number of fused-ring (bicyclic) bond motifs is 1. The monoisotopic (exact) mass is 369 g/mol. The van der Waals surface area contributed by atoms with E-state index in [1.807, 2.05) is 29.6 Å². The summed E-state index contributed by atoms with van der Waals surface area (Å²) in [5.74, 6) is 0.722. The smallest absolute Gasteiger partial charge is 0.268 e. The van der Waals surface area contributed by atoms with Gasteiger partial charge >= 0.3 is 0 Å². The van der Waals surface area contributed by atoms with E-state index in [0.29, 0.717) is 36.6 Å². The van der Waals surface area contributed by atoms with E-state index in [1.54, 1.807) is 6.20 Å². The standard InChI is InChI=1S/C18H19N5O2S/c24-16-5-4-13(20-16)10-23(9-12-3-1-2-7-19-12)11-15-21-14-6-8-26-17(14)18(25)22-15/h1-3,6-8,13H,4-5,9-11H2,(H,20,24)(H,21,22,25)/t13-/m0/s1. The van der Waals surface area contributed by atoms with Crippen molar-refractivity contribution in [3.05, 3.63) is 57.7 Å². The van der Waals surface area contributed by atoms with Crippen LogP contribution in [0, 0.1) is 0 Å². The van der Waals surface area contributed by atoms with Gasteiger partial charge in [-0.05, 0) is 30.0 Å². The number of amides is 1. The Morgan fingerprint density at radius 2 is 2.15 bits per heavy atom. The van der Waals surface area contributed by atoms with Gasteiger partial charge in [-0.2, -0.15) is 0 Å². The SMILES string of the molecule is O=C1CC[C@@H](CN(Cc2ccccn2)Cc2nc3ccsc3c(=O)[nH]2)N1. The van der Waals surface area contributed by atoms with Crippen LogP contribution < -0.4 is 10.9 Å². The molecule has 4 heterocycles. The summed E-state index contributed by atoms with van der Waals surface area (Å²) in [4.78, 5) is 37.7. The summed E-state index contributed by atoms with van der Waals surface area (Å²) in [5, 5.41) is 4.87. The predicted molar refractivity (Wildman–Crippen MR) is 99.8 cm³/mol. The molecule has 8 heteroatoms. The highest BCUT2D eigenvalue weighted by Gasteiger charge is 2.24. The minimum absolute atomic E-state index is 0.0963. The summed E-state index contributed by atoms with van der Waals surface area (Å²) in [6, 6.07) is 7.78. The first-order valence-corrected chi connectivity index (χ1v) is 9.43. The van der Waals surface area contributed by atoms with Gasteiger partial charge in [0.15, 0.2) is 0 Å². The molecule has 0 aromatic carbocycles. The van der Waals surface area contributed by atoms with E-state index in [1.165, 1.54) is 11.3 Å².